The molecule has 0 saturated carbocycles. The predicted octanol–water partition coefficient (Wildman–Crippen LogP) is 3.66. The number of likely N-dealkylation sites (tertiary alicyclic amines) is 1. The highest BCUT2D eigenvalue weighted by Gasteiger charge is 2.34. The molecule has 0 unspecified atom stereocenters. The standard InChI is InChI=1S/C20H20FN3O3/c1-13(25)14-4-8-16(9-5-14)22-19(26)18-3-2-12-24(18)20(27)23-17-10-6-15(21)7-11-17/h4-11,18H,2-3,12H2,1H3,(H,22,26)(H,23,27)/t18-/m0/s1. The van der Waals surface area contributed by atoms with Crippen LogP contribution >= 0.6 is 0 Å². The second-order valence-electron chi connectivity index (χ2n) is 6.41. The molecule has 140 valence electrons. The number of anilines is 2. The van der Waals surface area contributed by atoms with Gasteiger partial charge in [-0.25, -0.2) is 9.18 Å². The van der Waals surface area contributed by atoms with E-state index in [4.69, 9.17) is 0 Å². The van der Waals surface area contributed by atoms with Crippen LogP contribution in [0, 0.1) is 5.82 Å². The van der Waals surface area contributed by atoms with Crippen molar-refractivity contribution in [3.05, 3.63) is 59.9 Å². The lowest BCUT2D eigenvalue weighted by Crippen LogP contribution is -2.45. The van der Waals surface area contributed by atoms with E-state index in [0.717, 1.165) is 6.42 Å². The lowest BCUT2D eigenvalue weighted by molar-refractivity contribution is -0.119. The van der Waals surface area contributed by atoms with E-state index in [2.05, 4.69) is 10.6 Å². The van der Waals surface area contributed by atoms with Gasteiger partial charge in [-0.3, -0.25) is 9.59 Å². The van der Waals surface area contributed by atoms with Gasteiger partial charge in [-0.1, -0.05) is 0 Å². The molecule has 1 aliphatic rings. The zero-order valence-corrected chi connectivity index (χ0v) is 14.9. The monoisotopic (exact) mass is 369 g/mol. The van der Waals surface area contributed by atoms with Crippen LogP contribution < -0.4 is 10.6 Å². The van der Waals surface area contributed by atoms with Gasteiger partial charge in [0.05, 0.1) is 0 Å². The number of nitrogens with zero attached hydrogens (tertiary/aromatic N) is 1. The van der Waals surface area contributed by atoms with Gasteiger partial charge in [0.1, 0.15) is 11.9 Å². The number of hydrogen-bond donors (Lipinski definition) is 2. The van der Waals surface area contributed by atoms with Crippen LogP contribution in [0.2, 0.25) is 0 Å². The molecule has 2 N–H and O–H groups in total. The minimum Gasteiger partial charge on any atom is -0.324 e. The fraction of sp³-hybridized carbons (Fsp3) is 0.250. The van der Waals surface area contributed by atoms with Crippen molar-refractivity contribution in [1.29, 1.82) is 0 Å². The first-order chi connectivity index (χ1) is 12.9. The number of amides is 3. The molecule has 0 aliphatic carbocycles. The molecule has 27 heavy (non-hydrogen) atoms. The zero-order chi connectivity index (χ0) is 19.4. The molecule has 3 rings (SSSR count). The van der Waals surface area contributed by atoms with Gasteiger partial charge < -0.3 is 15.5 Å². The highest BCUT2D eigenvalue weighted by molar-refractivity contribution is 6.00. The third kappa shape index (κ3) is 4.49. The molecule has 1 fully saturated rings. The Hall–Kier alpha value is -3.22. The zero-order valence-electron chi connectivity index (χ0n) is 14.9. The second-order valence-corrected chi connectivity index (χ2v) is 6.41. The van der Waals surface area contributed by atoms with Gasteiger partial charge in [-0.2, -0.15) is 0 Å². The lowest BCUT2D eigenvalue weighted by Gasteiger charge is -2.24. The molecular weight excluding hydrogens is 349 g/mol. The fourth-order valence-electron chi connectivity index (χ4n) is 3.02. The summed E-state index contributed by atoms with van der Waals surface area (Å²) in [6, 6.07) is 11.1. The molecule has 3 amide bonds. The Bertz CT molecular complexity index is 850. The van der Waals surface area contributed by atoms with Crippen LogP contribution in [0.15, 0.2) is 48.5 Å². The predicted molar refractivity (Wildman–Crippen MR) is 100 cm³/mol. The van der Waals surface area contributed by atoms with Crippen LogP contribution in [0.4, 0.5) is 20.6 Å². The molecule has 2 aromatic carbocycles. The quantitative estimate of drug-likeness (QED) is 0.807. The van der Waals surface area contributed by atoms with E-state index in [1.165, 1.54) is 36.1 Å². The maximum absolute atomic E-state index is 13.0. The van der Waals surface area contributed by atoms with Crippen LogP contribution in [0.5, 0.6) is 0 Å². The smallest absolute Gasteiger partial charge is 0.322 e. The van der Waals surface area contributed by atoms with Gasteiger partial charge in [0.2, 0.25) is 5.91 Å². The maximum atomic E-state index is 13.0. The number of carbonyl (C=O) groups is 3. The highest BCUT2D eigenvalue weighted by Crippen LogP contribution is 2.21. The van der Waals surface area contributed by atoms with E-state index in [-0.39, 0.29) is 17.5 Å². The first-order valence-corrected chi connectivity index (χ1v) is 8.69. The molecule has 0 spiro atoms. The first kappa shape index (κ1) is 18.6. The van der Waals surface area contributed by atoms with Gasteiger partial charge in [-0.05, 0) is 68.3 Å². The minimum absolute atomic E-state index is 0.0488. The minimum atomic E-state index is -0.585. The van der Waals surface area contributed by atoms with Gasteiger partial charge in [-0.15, -0.1) is 0 Å². The maximum Gasteiger partial charge on any atom is 0.322 e. The molecule has 1 aliphatic heterocycles. The summed E-state index contributed by atoms with van der Waals surface area (Å²) in [6.45, 7) is 1.94. The van der Waals surface area contributed by atoms with Crippen LogP contribution in [-0.2, 0) is 4.79 Å². The second kappa shape index (κ2) is 7.99. The van der Waals surface area contributed by atoms with E-state index in [9.17, 15) is 18.8 Å². The number of Topliss-reactive ketones (excluding diaryl/α,β-unsaturated/α-hetero) is 1. The molecule has 7 heteroatoms. The van der Waals surface area contributed by atoms with E-state index in [1.54, 1.807) is 24.3 Å². The molecular formula is C20H20FN3O3. The van der Waals surface area contributed by atoms with Crippen LogP contribution in [0.1, 0.15) is 30.1 Å². The number of halogens is 1. The topological polar surface area (TPSA) is 78.5 Å². The molecule has 0 radical (unpaired) electrons. The van der Waals surface area contributed by atoms with Gasteiger partial charge in [0.25, 0.3) is 0 Å². The Morgan fingerprint density at radius 3 is 2.19 bits per heavy atom. The SMILES string of the molecule is CC(=O)c1ccc(NC(=O)[C@@H]2CCCN2C(=O)Nc2ccc(F)cc2)cc1. The summed E-state index contributed by atoms with van der Waals surface area (Å²) >= 11 is 0. The summed E-state index contributed by atoms with van der Waals surface area (Å²) in [5, 5.41) is 5.47. The van der Waals surface area contributed by atoms with Crippen LogP contribution in [0.25, 0.3) is 0 Å². The van der Waals surface area contributed by atoms with Crippen LogP contribution in [-0.4, -0.2) is 35.2 Å². The van der Waals surface area contributed by atoms with E-state index in [0.29, 0.717) is 29.9 Å². The van der Waals surface area contributed by atoms with Gasteiger partial charge in [0.15, 0.2) is 5.78 Å². The van der Waals surface area contributed by atoms with Crippen molar-refractivity contribution in [1.82, 2.24) is 4.90 Å². The Labute approximate surface area is 156 Å². The average molecular weight is 369 g/mol. The molecule has 2 aromatic rings. The van der Waals surface area contributed by atoms with Crippen molar-refractivity contribution in [2.45, 2.75) is 25.8 Å². The molecule has 0 aromatic heterocycles. The largest absolute Gasteiger partial charge is 0.324 e. The Balaban J connectivity index is 1.64. The summed E-state index contributed by atoms with van der Waals surface area (Å²) in [7, 11) is 0. The number of urea groups is 1. The van der Waals surface area contributed by atoms with E-state index >= 15 is 0 Å². The first-order valence-electron chi connectivity index (χ1n) is 8.69. The van der Waals surface area contributed by atoms with Crippen molar-refractivity contribution in [2.24, 2.45) is 0 Å². The van der Waals surface area contributed by atoms with Gasteiger partial charge >= 0.3 is 6.03 Å². The molecule has 6 nitrogen and oxygen atoms in total. The van der Waals surface area contributed by atoms with Crippen molar-refractivity contribution in [3.8, 4) is 0 Å². The average Bonchev–Trinajstić information content (AvgIpc) is 3.14. The fourth-order valence-corrected chi connectivity index (χ4v) is 3.02. The summed E-state index contributed by atoms with van der Waals surface area (Å²) in [4.78, 5) is 37.9. The van der Waals surface area contributed by atoms with Crippen molar-refractivity contribution >= 4 is 29.1 Å². The third-order valence-corrected chi connectivity index (χ3v) is 4.47. The summed E-state index contributed by atoms with van der Waals surface area (Å²) < 4.78 is 13.0. The van der Waals surface area contributed by atoms with Crippen molar-refractivity contribution in [2.75, 3.05) is 17.2 Å². The number of ketones is 1. The number of carbonyl (C=O) groups excluding carboxylic acids is 3. The van der Waals surface area contributed by atoms with E-state index < -0.39 is 12.1 Å². The molecule has 1 saturated heterocycles. The van der Waals surface area contributed by atoms with E-state index in [1.807, 2.05) is 0 Å². The lowest BCUT2D eigenvalue weighted by atomic mass is 10.1. The summed E-state index contributed by atoms with van der Waals surface area (Å²) in [5.41, 5.74) is 1.59. The number of rotatable bonds is 4. The Kier molecular flexibility index (Phi) is 5.49. The van der Waals surface area contributed by atoms with Crippen LogP contribution in [0.3, 0.4) is 0 Å². The molecule has 0 bridgehead atoms. The summed E-state index contributed by atoms with van der Waals surface area (Å²) in [5.74, 6) is -0.716. The highest BCUT2D eigenvalue weighted by atomic mass is 19.1. The third-order valence-electron chi connectivity index (χ3n) is 4.47. The normalized spacial score (nSPS) is 16.1. The molecule has 1 heterocycles. The number of hydrogen-bond acceptors (Lipinski definition) is 3. The summed E-state index contributed by atoms with van der Waals surface area (Å²) in [6.07, 6.45) is 1.28. The number of nitrogens with one attached hydrogen (secondary N) is 2. The number of benzene rings is 2. The van der Waals surface area contributed by atoms with Gasteiger partial charge in [0, 0.05) is 23.5 Å². The van der Waals surface area contributed by atoms with Crippen molar-refractivity contribution in [3.63, 3.8) is 0 Å². The Morgan fingerprint density at radius 1 is 0.963 bits per heavy atom. The Morgan fingerprint density at radius 2 is 1.56 bits per heavy atom. The molecule has 1 atom stereocenters. The van der Waals surface area contributed by atoms with Crippen molar-refractivity contribution < 1.29 is 18.8 Å².